The fraction of sp³-hybridized carbons (Fsp3) is 1.00. The highest BCUT2D eigenvalue weighted by atomic mass is 35.5. The summed E-state index contributed by atoms with van der Waals surface area (Å²) < 4.78 is 26.7. The van der Waals surface area contributed by atoms with Crippen molar-refractivity contribution in [1.82, 2.24) is 10.0 Å². The number of nitrogens with one attached hydrogen (secondary N) is 2. The van der Waals surface area contributed by atoms with Gasteiger partial charge in [0.1, 0.15) is 0 Å². The van der Waals surface area contributed by atoms with Crippen LogP contribution < -0.4 is 10.0 Å². The molecular formula is C13H29ClN2O2S. The molecule has 0 aromatic rings. The van der Waals surface area contributed by atoms with Crippen LogP contribution in [0.3, 0.4) is 0 Å². The minimum Gasteiger partial charge on any atom is -0.312 e. The van der Waals surface area contributed by atoms with E-state index < -0.39 is 10.0 Å². The molecule has 19 heavy (non-hydrogen) atoms. The molecule has 0 aliphatic carbocycles. The van der Waals surface area contributed by atoms with E-state index in [0.29, 0.717) is 6.54 Å². The lowest BCUT2D eigenvalue weighted by Gasteiger charge is -2.39. The molecule has 0 aromatic heterocycles. The van der Waals surface area contributed by atoms with Gasteiger partial charge < -0.3 is 5.32 Å². The highest BCUT2D eigenvalue weighted by Gasteiger charge is 2.33. The average molecular weight is 313 g/mol. The third kappa shape index (κ3) is 6.93. The first-order valence-electron chi connectivity index (χ1n) is 6.73. The molecule has 1 heterocycles. The van der Waals surface area contributed by atoms with Crippen molar-refractivity contribution in [2.75, 3.05) is 18.8 Å². The van der Waals surface area contributed by atoms with E-state index in [4.69, 9.17) is 0 Å². The zero-order chi connectivity index (χ0) is 14.0. The van der Waals surface area contributed by atoms with Gasteiger partial charge in [0, 0.05) is 12.6 Å². The fourth-order valence-corrected chi connectivity index (χ4v) is 4.11. The van der Waals surface area contributed by atoms with Crippen LogP contribution in [0, 0.1) is 10.8 Å². The van der Waals surface area contributed by atoms with E-state index in [1.54, 1.807) is 0 Å². The van der Waals surface area contributed by atoms with E-state index in [2.05, 4.69) is 23.9 Å². The molecule has 0 bridgehead atoms. The number of sulfonamides is 1. The molecule has 1 aliphatic heterocycles. The van der Waals surface area contributed by atoms with Crippen LogP contribution in [-0.4, -0.2) is 33.3 Å². The number of hydrogen-bond donors (Lipinski definition) is 2. The summed E-state index contributed by atoms with van der Waals surface area (Å²) in [6.07, 6.45) is 2.31. The summed E-state index contributed by atoms with van der Waals surface area (Å²) in [6.45, 7) is 11.7. The van der Waals surface area contributed by atoms with Gasteiger partial charge in [0.05, 0.1) is 5.75 Å². The third-order valence-electron chi connectivity index (χ3n) is 3.46. The Morgan fingerprint density at radius 3 is 2.37 bits per heavy atom. The van der Waals surface area contributed by atoms with Crippen molar-refractivity contribution in [1.29, 1.82) is 0 Å². The van der Waals surface area contributed by atoms with Gasteiger partial charge in [0.2, 0.25) is 10.0 Å². The molecule has 0 radical (unpaired) electrons. The van der Waals surface area contributed by atoms with Crippen molar-refractivity contribution in [3.05, 3.63) is 0 Å². The first-order chi connectivity index (χ1) is 8.02. The van der Waals surface area contributed by atoms with Crippen molar-refractivity contribution in [3.8, 4) is 0 Å². The van der Waals surface area contributed by atoms with Gasteiger partial charge >= 0.3 is 0 Å². The molecule has 1 atom stereocenters. The Kier molecular flexibility index (Phi) is 6.80. The van der Waals surface area contributed by atoms with Gasteiger partial charge in [0.25, 0.3) is 0 Å². The Balaban J connectivity index is 0.00000324. The van der Waals surface area contributed by atoms with E-state index in [0.717, 1.165) is 19.4 Å². The molecule has 1 aliphatic rings. The van der Waals surface area contributed by atoms with Gasteiger partial charge in [-0.05, 0) is 30.2 Å². The second kappa shape index (κ2) is 6.74. The van der Waals surface area contributed by atoms with Crippen LogP contribution in [0.1, 0.15) is 47.5 Å². The molecule has 4 nitrogen and oxygen atoms in total. The van der Waals surface area contributed by atoms with Crippen LogP contribution in [-0.2, 0) is 10.0 Å². The van der Waals surface area contributed by atoms with E-state index in [9.17, 15) is 8.42 Å². The Bertz CT molecular complexity index is 375. The van der Waals surface area contributed by atoms with Crippen molar-refractivity contribution < 1.29 is 8.42 Å². The van der Waals surface area contributed by atoms with Crippen LogP contribution in [0.25, 0.3) is 0 Å². The normalized spacial score (nSPS) is 23.7. The Morgan fingerprint density at radius 2 is 1.89 bits per heavy atom. The van der Waals surface area contributed by atoms with Crippen molar-refractivity contribution in [2.24, 2.45) is 10.8 Å². The van der Waals surface area contributed by atoms with Crippen LogP contribution in [0.4, 0.5) is 0 Å². The standard InChI is InChI=1S/C13H28N2O2S.ClH/c1-12(2,3)10-18(16,17)15-9-11-13(4,5)7-6-8-14-11;/h11,14-15H,6-10H2,1-5H3;1H. The van der Waals surface area contributed by atoms with Gasteiger partial charge in [0.15, 0.2) is 0 Å². The quantitative estimate of drug-likeness (QED) is 0.836. The fourth-order valence-electron chi connectivity index (χ4n) is 2.45. The molecular weight excluding hydrogens is 284 g/mol. The van der Waals surface area contributed by atoms with Crippen molar-refractivity contribution in [2.45, 2.75) is 53.5 Å². The van der Waals surface area contributed by atoms with Crippen molar-refractivity contribution >= 4 is 22.4 Å². The summed E-state index contributed by atoms with van der Waals surface area (Å²) in [5, 5.41) is 3.42. The van der Waals surface area contributed by atoms with Gasteiger partial charge in [-0.25, -0.2) is 13.1 Å². The number of rotatable bonds is 4. The molecule has 0 saturated carbocycles. The van der Waals surface area contributed by atoms with E-state index >= 15 is 0 Å². The van der Waals surface area contributed by atoms with Gasteiger partial charge in [-0.1, -0.05) is 34.6 Å². The monoisotopic (exact) mass is 312 g/mol. The molecule has 0 aromatic carbocycles. The van der Waals surface area contributed by atoms with Crippen molar-refractivity contribution in [3.63, 3.8) is 0 Å². The lowest BCUT2D eigenvalue weighted by atomic mass is 9.78. The summed E-state index contributed by atoms with van der Waals surface area (Å²) in [5.74, 6) is 0.174. The molecule has 116 valence electrons. The SMILES string of the molecule is CC(C)(C)CS(=O)(=O)NCC1NCCCC1(C)C.Cl. The smallest absolute Gasteiger partial charge is 0.212 e. The highest BCUT2D eigenvalue weighted by Crippen LogP contribution is 2.29. The largest absolute Gasteiger partial charge is 0.312 e. The topological polar surface area (TPSA) is 58.2 Å². The molecule has 0 spiro atoms. The molecule has 1 saturated heterocycles. The third-order valence-corrected chi connectivity index (χ3v) is 5.31. The maximum absolute atomic E-state index is 12.0. The zero-order valence-electron chi connectivity index (χ0n) is 12.7. The maximum atomic E-state index is 12.0. The van der Waals surface area contributed by atoms with Gasteiger partial charge in [-0.2, -0.15) is 0 Å². The molecule has 1 fully saturated rings. The first-order valence-corrected chi connectivity index (χ1v) is 8.38. The summed E-state index contributed by atoms with van der Waals surface area (Å²) in [6, 6.07) is 0.223. The Hall–Kier alpha value is 0.160. The molecule has 0 amide bonds. The van der Waals surface area contributed by atoms with Crippen LogP contribution >= 0.6 is 12.4 Å². The molecule has 1 unspecified atom stereocenters. The Morgan fingerprint density at radius 1 is 1.32 bits per heavy atom. The molecule has 1 rings (SSSR count). The van der Waals surface area contributed by atoms with Crippen LogP contribution in [0.5, 0.6) is 0 Å². The lowest BCUT2D eigenvalue weighted by molar-refractivity contribution is 0.181. The Labute approximate surface area is 124 Å². The average Bonchev–Trinajstić information content (AvgIpc) is 2.11. The van der Waals surface area contributed by atoms with Gasteiger partial charge in [-0.3, -0.25) is 0 Å². The number of piperidine rings is 1. The zero-order valence-corrected chi connectivity index (χ0v) is 14.4. The summed E-state index contributed by atoms with van der Waals surface area (Å²) >= 11 is 0. The van der Waals surface area contributed by atoms with E-state index in [1.807, 2.05) is 20.8 Å². The van der Waals surface area contributed by atoms with Crippen LogP contribution in [0.2, 0.25) is 0 Å². The van der Waals surface area contributed by atoms with Gasteiger partial charge in [-0.15, -0.1) is 12.4 Å². The first kappa shape index (κ1) is 19.2. The molecule has 6 heteroatoms. The predicted molar refractivity (Wildman–Crippen MR) is 83.3 cm³/mol. The summed E-state index contributed by atoms with van der Waals surface area (Å²) in [4.78, 5) is 0. The minimum atomic E-state index is -3.18. The summed E-state index contributed by atoms with van der Waals surface area (Å²) in [5.41, 5.74) is -0.0517. The summed E-state index contributed by atoms with van der Waals surface area (Å²) in [7, 11) is -3.18. The second-order valence-electron chi connectivity index (χ2n) is 7.27. The van der Waals surface area contributed by atoms with E-state index in [-0.39, 0.29) is 35.0 Å². The molecule has 2 N–H and O–H groups in total. The maximum Gasteiger partial charge on any atom is 0.212 e. The number of hydrogen-bond acceptors (Lipinski definition) is 3. The minimum absolute atomic E-state index is 0. The van der Waals surface area contributed by atoms with Crippen LogP contribution in [0.15, 0.2) is 0 Å². The number of halogens is 1. The van der Waals surface area contributed by atoms with E-state index in [1.165, 1.54) is 0 Å². The lowest BCUT2D eigenvalue weighted by Crippen LogP contribution is -2.53. The predicted octanol–water partition coefficient (Wildman–Crippen LogP) is 2.15. The highest BCUT2D eigenvalue weighted by molar-refractivity contribution is 7.89. The second-order valence-corrected chi connectivity index (χ2v) is 9.07.